The van der Waals surface area contributed by atoms with Crippen molar-refractivity contribution in [1.82, 2.24) is 5.32 Å². The molecule has 1 aromatic carbocycles. The molecule has 1 aliphatic rings. The molecule has 0 spiro atoms. The Balaban J connectivity index is 2.05. The minimum absolute atomic E-state index is 0.444. The van der Waals surface area contributed by atoms with E-state index in [1.54, 1.807) is 14.2 Å². The molecule has 1 aromatic rings. The van der Waals surface area contributed by atoms with Crippen LogP contribution in [-0.2, 0) is 11.2 Å². The van der Waals surface area contributed by atoms with Crippen LogP contribution < -0.4 is 14.8 Å². The van der Waals surface area contributed by atoms with Crippen molar-refractivity contribution in [2.24, 2.45) is 0 Å². The third-order valence-electron chi connectivity index (χ3n) is 3.60. The lowest BCUT2D eigenvalue weighted by atomic mass is 9.99. The maximum Gasteiger partial charge on any atom is 0.126 e. The molecule has 0 radical (unpaired) electrons. The Labute approximate surface area is 115 Å². The fourth-order valence-corrected chi connectivity index (χ4v) is 2.50. The number of ether oxygens (including phenoxy) is 3. The quantitative estimate of drug-likeness (QED) is 0.883. The summed E-state index contributed by atoms with van der Waals surface area (Å²) in [6.07, 6.45) is 2.05. The summed E-state index contributed by atoms with van der Waals surface area (Å²) in [7, 11) is 3.39. The van der Waals surface area contributed by atoms with Crippen molar-refractivity contribution in [3.8, 4) is 11.5 Å². The van der Waals surface area contributed by atoms with E-state index in [-0.39, 0.29) is 0 Å². The van der Waals surface area contributed by atoms with E-state index in [0.717, 1.165) is 44.1 Å². The number of hydrogen-bond donors (Lipinski definition) is 1. The van der Waals surface area contributed by atoms with Crippen molar-refractivity contribution in [2.75, 3.05) is 34.0 Å². The number of hydrogen-bond acceptors (Lipinski definition) is 4. The number of morpholine rings is 1. The number of methoxy groups -OCH3 is 2. The SMILES string of the molecule is COc1cc(C)c(CCC2COCCN2)c(OC)c1. The molecule has 4 heteroatoms. The van der Waals surface area contributed by atoms with Crippen LogP contribution in [0.2, 0.25) is 0 Å². The number of rotatable bonds is 5. The predicted molar refractivity (Wildman–Crippen MR) is 75.2 cm³/mol. The molecule has 1 saturated heterocycles. The van der Waals surface area contributed by atoms with Crippen LogP contribution in [0.4, 0.5) is 0 Å². The molecule has 0 aromatic heterocycles. The van der Waals surface area contributed by atoms with Crippen molar-refractivity contribution in [3.05, 3.63) is 23.3 Å². The number of aryl methyl sites for hydroxylation is 1. The Morgan fingerprint density at radius 1 is 1.32 bits per heavy atom. The molecule has 0 saturated carbocycles. The van der Waals surface area contributed by atoms with Gasteiger partial charge in [-0.1, -0.05) is 0 Å². The molecule has 1 fully saturated rings. The normalized spacial score (nSPS) is 19.2. The minimum atomic E-state index is 0.444. The summed E-state index contributed by atoms with van der Waals surface area (Å²) in [6.45, 7) is 4.67. The van der Waals surface area contributed by atoms with Gasteiger partial charge in [-0.15, -0.1) is 0 Å². The molecule has 1 aliphatic heterocycles. The van der Waals surface area contributed by atoms with Gasteiger partial charge < -0.3 is 19.5 Å². The average molecular weight is 265 g/mol. The molecule has 2 rings (SSSR count). The third kappa shape index (κ3) is 3.61. The van der Waals surface area contributed by atoms with Crippen LogP contribution in [-0.4, -0.2) is 40.0 Å². The Morgan fingerprint density at radius 3 is 2.79 bits per heavy atom. The molecule has 4 nitrogen and oxygen atoms in total. The summed E-state index contributed by atoms with van der Waals surface area (Å²) < 4.78 is 16.2. The Hall–Kier alpha value is -1.26. The Morgan fingerprint density at radius 2 is 2.16 bits per heavy atom. The first kappa shape index (κ1) is 14.2. The van der Waals surface area contributed by atoms with Gasteiger partial charge in [-0.25, -0.2) is 0 Å². The van der Waals surface area contributed by atoms with Gasteiger partial charge in [-0.2, -0.15) is 0 Å². The zero-order valence-corrected chi connectivity index (χ0v) is 12.0. The smallest absolute Gasteiger partial charge is 0.126 e. The van der Waals surface area contributed by atoms with E-state index < -0.39 is 0 Å². The highest BCUT2D eigenvalue weighted by Gasteiger charge is 2.15. The van der Waals surface area contributed by atoms with E-state index in [1.165, 1.54) is 11.1 Å². The van der Waals surface area contributed by atoms with Gasteiger partial charge in [0.1, 0.15) is 11.5 Å². The summed E-state index contributed by atoms with van der Waals surface area (Å²) in [6, 6.07) is 4.45. The van der Waals surface area contributed by atoms with Crippen LogP contribution in [0.5, 0.6) is 11.5 Å². The van der Waals surface area contributed by atoms with Crippen LogP contribution in [0.15, 0.2) is 12.1 Å². The molecule has 0 amide bonds. The van der Waals surface area contributed by atoms with E-state index in [2.05, 4.69) is 18.3 Å². The molecule has 1 heterocycles. The standard InChI is InChI=1S/C15H23NO3/c1-11-8-13(17-2)9-15(18-3)14(11)5-4-12-10-19-7-6-16-12/h8-9,12,16H,4-7,10H2,1-3H3. The molecule has 106 valence electrons. The average Bonchev–Trinajstić information content (AvgIpc) is 2.46. The number of nitrogens with one attached hydrogen (secondary N) is 1. The summed E-state index contributed by atoms with van der Waals surface area (Å²) in [5.74, 6) is 1.76. The van der Waals surface area contributed by atoms with E-state index in [4.69, 9.17) is 14.2 Å². The molecular weight excluding hydrogens is 242 g/mol. The fourth-order valence-electron chi connectivity index (χ4n) is 2.50. The monoisotopic (exact) mass is 265 g/mol. The van der Waals surface area contributed by atoms with Crippen LogP contribution in [0.3, 0.4) is 0 Å². The molecule has 1 N–H and O–H groups in total. The van der Waals surface area contributed by atoms with Gasteiger partial charge in [-0.3, -0.25) is 0 Å². The van der Waals surface area contributed by atoms with Gasteiger partial charge in [0.15, 0.2) is 0 Å². The second-order valence-corrected chi connectivity index (χ2v) is 4.89. The topological polar surface area (TPSA) is 39.7 Å². The van der Waals surface area contributed by atoms with Gasteiger partial charge in [0.05, 0.1) is 27.4 Å². The molecule has 19 heavy (non-hydrogen) atoms. The Kier molecular flexibility index (Phi) is 5.05. The first-order valence-corrected chi connectivity index (χ1v) is 6.77. The van der Waals surface area contributed by atoms with Crippen molar-refractivity contribution in [1.29, 1.82) is 0 Å². The second kappa shape index (κ2) is 6.78. The molecule has 0 aliphatic carbocycles. The van der Waals surface area contributed by atoms with Gasteiger partial charge in [0.2, 0.25) is 0 Å². The molecular formula is C15H23NO3. The summed E-state index contributed by atoms with van der Waals surface area (Å²) in [5, 5.41) is 3.48. The van der Waals surface area contributed by atoms with Crippen molar-refractivity contribution >= 4 is 0 Å². The van der Waals surface area contributed by atoms with Gasteiger partial charge in [-0.05, 0) is 37.0 Å². The van der Waals surface area contributed by atoms with E-state index in [9.17, 15) is 0 Å². The molecule has 0 bridgehead atoms. The van der Waals surface area contributed by atoms with Gasteiger partial charge in [0.25, 0.3) is 0 Å². The largest absolute Gasteiger partial charge is 0.497 e. The van der Waals surface area contributed by atoms with Crippen LogP contribution >= 0.6 is 0 Å². The van der Waals surface area contributed by atoms with Crippen LogP contribution in [0.1, 0.15) is 17.5 Å². The first-order valence-electron chi connectivity index (χ1n) is 6.77. The molecule has 1 atom stereocenters. The van der Waals surface area contributed by atoms with Crippen LogP contribution in [0.25, 0.3) is 0 Å². The van der Waals surface area contributed by atoms with E-state index in [1.807, 2.05) is 6.07 Å². The summed E-state index contributed by atoms with van der Waals surface area (Å²) in [4.78, 5) is 0. The third-order valence-corrected chi connectivity index (χ3v) is 3.60. The lowest BCUT2D eigenvalue weighted by molar-refractivity contribution is 0.0743. The van der Waals surface area contributed by atoms with Crippen molar-refractivity contribution < 1.29 is 14.2 Å². The zero-order chi connectivity index (χ0) is 13.7. The van der Waals surface area contributed by atoms with Crippen molar-refractivity contribution in [2.45, 2.75) is 25.8 Å². The maximum absolute atomic E-state index is 5.48. The highest BCUT2D eigenvalue weighted by molar-refractivity contribution is 5.46. The number of benzene rings is 1. The van der Waals surface area contributed by atoms with Gasteiger partial charge in [0, 0.05) is 18.7 Å². The zero-order valence-electron chi connectivity index (χ0n) is 12.0. The lowest BCUT2D eigenvalue weighted by Crippen LogP contribution is -2.41. The highest BCUT2D eigenvalue weighted by Crippen LogP contribution is 2.29. The highest BCUT2D eigenvalue weighted by atomic mass is 16.5. The predicted octanol–water partition coefficient (Wildman–Crippen LogP) is 1.93. The van der Waals surface area contributed by atoms with Crippen LogP contribution in [0, 0.1) is 6.92 Å². The van der Waals surface area contributed by atoms with E-state index >= 15 is 0 Å². The lowest BCUT2D eigenvalue weighted by Gasteiger charge is -2.24. The van der Waals surface area contributed by atoms with E-state index in [0.29, 0.717) is 6.04 Å². The first-order chi connectivity index (χ1) is 9.24. The fraction of sp³-hybridized carbons (Fsp3) is 0.600. The van der Waals surface area contributed by atoms with Gasteiger partial charge >= 0.3 is 0 Å². The van der Waals surface area contributed by atoms with Crippen molar-refractivity contribution in [3.63, 3.8) is 0 Å². The summed E-state index contributed by atoms with van der Waals surface area (Å²) in [5.41, 5.74) is 2.48. The minimum Gasteiger partial charge on any atom is -0.497 e. The molecule has 1 unspecified atom stereocenters. The Bertz CT molecular complexity index is 414. The summed E-state index contributed by atoms with van der Waals surface area (Å²) >= 11 is 0. The maximum atomic E-state index is 5.48. The second-order valence-electron chi connectivity index (χ2n) is 4.89.